The van der Waals surface area contributed by atoms with Gasteiger partial charge in [0.2, 0.25) is 0 Å². The minimum atomic E-state index is -0.0713. The molecule has 1 aliphatic heterocycles. The molecule has 1 N–H and O–H groups in total. The van der Waals surface area contributed by atoms with Crippen LogP contribution >= 0.6 is 0 Å². The predicted octanol–water partition coefficient (Wildman–Crippen LogP) is 2.81. The largest absolute Gasteiger partial charge is 0.497 e. The predicted molar refractivity (Wildman–Crippen MR) is 102 cm³/mol. The van der Waals surface area contributed by atoms with Crippen molar-refractivity contribution in [2.45, 2.75) is 13.0 Å². The Morgan fingerprint density at radius 3 is 2.38 bits per heavy atom. The van der Waals surface area contributed by atoms with E-state index < -0.39 is 0 Å². The molecule has 1 amide bonds. The van der Waals surface area contributed by atoms with Gasteiger partial charge < -0.3 is 14.8 Å². The first kappa shape index (κ1) is 18.4. The maximum atomic E-state index is 12.5. The number of ether oxygens (including phenoxy) is 2. The number of hydrogen-bond acceptors (Lipinski definition) is 4. The van der Waals surface area contributed by atoms with Crippen molar-refractivity contribution in [2.24, 2.45) is 0 Å². The van der Waals surface area contributed by atoms with Crippen LogP contribution in [0.4, 0.5) is 0 Å². The van der Waals surface area contributed by atoms with Crippen molar-refractivity contribution in [2.75, 3.05) is 40.0 Å². The summed E-state index contributed by atoms with van der Waals surface area (Å²) in [5.74, 6) is 0.672. The highest BCUT2D eigenvalue weighted by atomic mass is 16.5. The van der Waals surface area contributed by atoms with E-state index in [2.05, 4.69) is 41.4 Å². The Morgan fingerprint density at radius 1 is 1.12 bits per heavy atom. The van der Waals surface area contributed by atoms with Crippen LogP contribution in [0.25, 0.3) is 0 Å². The number of nitrogens with one attached hydrogen (secondary N) is 1. The first-order chi connectivity index (χ1) is 12.7. The van der Waals surface area contributed by atoms with Gasteiger partial charge in [-0.1, -0.05) is 29.8 Å². The fourth-order valence-electron chi connectivity index (χ4n) is 3.17. The average Bonchev–Trinajstić information content (AvgIpc) is 2.70. The Labute approximate surface area is 154 Å². The standard InChI is InChI=1S/C21H26N2O3/c1-16-3-5-17(6-4-16)20(23-11-13-26-14-12-23)15-22-21(24)18-7-9-19(25-2)10-8-18/h3-10,20H,11-15H2,1-2H3,(H,22,24)/t20-/m0/s1. The summed E-state index contributed by atoms with van der Waals surface area (Å²) in [5, 5.41) is 3.08. The maximum Gasteiger partial charge on any atom is 0.251 e. The second-order valence-corrected chi connectivity index (χ2v) is 6.51. The lowest BCUT2D eigenvalue weighted by molar-refractivity contribution is 0.0162. The van der Waals surface area contributed by atoms with Crippen molar-refractivity contribution in [3.8, 4) is 5.75 Å². The Bertz CT molecular complexity index is 707. The molecule has 0 aliphatic carbocycles. The molecule has 26 heavy (non-hydrogen) atoms. The number of carbonyl (C=O) groups excluding carboxylic acids is 1. The average molecular weight is 354 g/mol. The zero-order valence-electron chi connectivity index (χ0n) is 15.4. The molecule has 0 radical (unpaired) electrons. The molecule has 138 valence electrons. The number of carbonyl (C=O) groups is 1. The summed E-state index contributed by atoms with van der Waals surface area (Å²) < 4.78 is 10.6. The number of nitrogens with zero attached hydrogens (tertiary/aromatic N) is 1. The van der Waals surface area contributed by atoms with Gasteiger partial charge in [-0.2, -0.15) is 0 Å². The number of methoxy groups -OCH3 is 1. The van der Waals surface area contributed by atoms with Gasteiger partial charge in [-0.05, 0) is 36.8 Å². The second-order valence-electron chi connectivity index (χ2n) is 6.51. The Hall–Kier alpha value is -2.37. The monoisotopic (exact) mass is 354 g/mol. The van der Waals surface area contributed by atoms with Gasteiger partial charge >= 0.3 is 0 Å². The summed E-state index contributed by atoms with van der Waals surface area (Å²) >= 11 is 0. The van der Waals surface area contributed by atoms with E-state index in [9.17, 15) is 4.79 Å². The molecule has 1 saturated heterocycles. The lowest BCUT2D eigenvalue weighted by Crippen LogP contribution is -2.43. The van der Waals surface area contributed by atoms with E-state index in [4.69, 9.17) is 9.47 Å². The molecule has 5 nitrogen and oxygen atoms in total. The van der Waals surface area contributed by atoms with Crippen LogP contribution < -0.4 is 10.1 Å². The molecule has 0 saturated carbocycles. The van der Waals surface area contributed by atoms with Crippen LogP contribution in [0.2, 0.25) is 0 Å². The molecule has 0 spiro atoms. The van der Waals surface area contributed by atoms with Crippen molar-refractivity contribution in [3.63, 3.8) is 0 Å². The van der Waals surface area contributed by atoms with E-state index in [0.29, 0.717) is 12.1 Å². The van der Waals surface area contributed by atoms with Gasteiger partial charge in [0.25, 0.3) is 5.91 Å². The third-order valence-corrected chi connectivity index (χ3v) is 4.76. The van der Waals surface area contributed by atoms with Crippen LogP contribution in [0.3, 0.4) is 0 Å². The molecule has 0 unspecified atom stereocenters. The minimum absolute atomic E-state index is 0.0713. The first-order valence-electron chi connectivity index (χ1n) is 8.98. The summed E-state index contributed by atoms with van der Waals surface area (Å²) in [6.45, 7) is 5.85. The number of rotatable bonds is 6. The molecule has 1 fully saturated rings. The number of benzene rings is 2. The highest BCUT2D eigenvalue weighted by molar-refractivity contribution is 5.94. The summed E-state index contributed by atoms with van der Waals surface area (Å²) in [6, 6.07) is 15.8. The van der Waals surface area contributed by atoms with E-state index in [1.165, 1.54) is 11.1 Å². The topological polar surface area (TPSA) is 50.8 Å². The fourth-order valence-corrected chi connectivity index (χ4v) is 3.17. The molecule has 2 aromatic carbocycles. The van der Waals surface area contributed by atoms with E-state index in [1.54, 1.807) is 31.4 Å². The molecule has 0 aromatic heterocycles. The van der Waals surface area contributed by atoms with Gasteiger partial charge in [0, 0.05) is 25.2 Å². The van der Waals surface area contributed by atoms with Crippen LogP contribution in [0, 0.1) is 6.92 Å². The zero-order chi connectivity index (χ0) is 18.4. The van der Waals surface area contributed by atoms with Crippen LogP contribution in [0.1, 0.15) is 27.5 Å². The quantitative estimate of drug-likeness (QED) is 0.867. The van der Waals surface area contributed by atoms with E-state index in [-0.39, 0.29) is 11.9 Å². The first-order valence-corrected chi connectivity index (χ1v) is 8.98. The SMILES string of the molecule is COc1ccc(C(=O)NC[C@@H](c2ccc(C)cc2)N2CCOCC2)cc1. The van der Waals surface area contributed by atoms with Crippen molar-refractivity contribution in [1.29, 1.82) is 0 Å². The third kappa shape index (κ3) is 4.62. The molecular formula is C21H26N2O3. The van der Waals surface area contributed by atoms with Gasteiger partial charge in [-0.15, -0.1) is 0 Å². The Morgan fingerprint density at radius 2 is 1.77 bits per heavy atom. The minimum Gasteiger partial charge on any atom is -0.497 e. The second kappa shape index (κ2) is 8.83. The van der Waals surface area contributed by atoms with Crippen LogP contribution in [0.5, 0.6) is 5.75 Å². The highest BCUT2D eigenvalue weighted by Crippen LogP contribution is 2.22. The van der Waals surface area contributed by atoms with E-state index in [1.807, 2.05) is 0 Å². The fraction of sp³-hybridized carbons (Fsp3) is 0.381. The van der Waals surface area contributed by atoms with Gasteiger partial charge in [0.15, 0.2) is 0 Å². The van der Waals surface area contributed by atoms with Crippen LogP contribution in [-0.2, 0) is 4.74 Å². The summed E-state index contributed by atoms with van der Waals surface area (Å²) in [4.78, 5) is 14.9. The zero-order valence-corrected chi connectivity index (χ0v) is 15.4. The van der Waals surface area contributed by atoms with Crippen LogP contribution in [-0.4, -0.2) is 50.8 Å². The summed E-state index contributed by atoms with van der Waals surface area (Å²) in [6.07, 6.45) is 0. The smallest absolute Gasteiger partial charge is 0.251 e. The van der Waals surface area contributed by atoms with E-state index in [0.717, 1.165) is 32.1 Å². The number of aryl methyl sites for hydroxylation is 1. The molecule has 5 heteroatoms. The van der Waals surface area contributed by atoms with Crippen molar-refractivity contribution in [1.82, 2.24) is 10.2 Å². The van der Waals surface area contributed by atoms with Gasteiger partial charge in [-0.3, -0.25) is 9.69 Å². The molecule has 2 aromatic rings. The normalized spacial score (nSPS) is 16.1. The Balaban J connectivity index is 1.70. The highest BCUT2D eigenvalue weighted by Gasteiger charge is 2.23. The number of amides is 1. The van der Waals surface area contributed by atoms with Crippen molar-refractivity contribution in [3.05, 3.63) is 65.2 Å². The molecule has 0 bridgehead atoms. The molecule has 1 atom stereocenters. The molecular weight excluding hydrogens is 328 g/mol. The molecule has 1 aliphatic rings. The number of morpholine rings is 1. The van der Waals surface area contributed by atoms with Gasteiger partial charge in [0.1, 0.15) is 5.75 Å². The third-order valence-electron chi connectivity index (χ3n) is 4.76. The van der Waals surface area contributed by atoms with E-state index >= 15 is 0 Å². The number of hydrogen-bond donors (Lipinski definition) is 1. The molecule has 1 heterocycles. The summed E-state index contributed by atoms with van der Waals surface area (Å²) in [5.41, 5.74) is 3.08. The van der Waals surface area contributed by atoms with Crippen molar-refractivity contribution < 1.29 is 14.3 Å². The van der Waals surface area contributed by atoms with Gasteiger partial charge in [-0.25, -0.2) is 0 Å². The summed E-state index contributed by atoms with van der Waals surface area (Å²) in [7, 11) is 1.61. The van der Waals surface area contributed by atoms with Crippen LogP contribution in [0.15, 0.2) is 48.5 Å². The van der Waals surface area contributed by atoms with Crippen molar-refractivity contribution >= 4 is 5.91 Å². The lowest BCUT2D eigenvalue weighted by atomic mass is 10.0. The Kier molecular flexibility index (Phi) is 6.26. The van der Waals surface area contributed by atoms with Gasteiger partial charge in [0.05, 0.1) is 26.4 Å². The maximum absolute atomic E-state index is 12.5. The molecule has 3 rings (SSSR count). The lowest BCUT2D eigenvalue weighted by Gasteiger charge is -2.35.